The summed E-state index contributed by atoms with van der Waals surface area (Å²) in [6, 6.07) is 12.1. The predicted molar refractivity (Wildman–Crippen MR) is 98.3 cm³/mol. The average Bonchev–Trinajstić information content (AvgIpc) is 3.00. The largest absolute Gasteiger partial charge is 0.292 e. The first kappa shape index (κ1) is 16.4. The fourth-order valence-corrected chi connectivity index (χ4v) is 3.73. The third kappa shape index (κ3) is 3.10. The summed E-state index contributed by atoms with van der Waals surface area (Å²) in [6.07, 6.45) is 1.98. The summed E-state index contributed by atoms with van der Waals surface area (Å²) in [5.41, 5.74) is 2.06. The molecule has 1 aromatic carbocycles. The van der Waals surface area contributed by atoms with Crippen LogP contribution < -0.4 is 5.56 Å². The van der Waals surface area contributed by atoms with Gasteiger partial charge in [0.05, 0.1) is 11.5 Å². The van der Waals surface area contributed by atoms with Crippen molar-refractivity contribution < 1.29 is 0 Å². The summed E-state index contributed by atoms with van der Waals surface area (Å²) in [4.78, 5) is 19.7. The highest BCUT2D eigenvalue weighted by Crippen LogP contribution is 2.26. The van der Waals surface area contributed by atoms with E-state index in [-0.39, 0.29) is 5.56 Å². The minimum absolute atomic E-state index is 0.00889. The van der Waals surface area contributed by atoms with Gasteiger partial charge in [0.1, 0.15) is 10.7 Å². The highest BCUT2D eigenvalue weighted by atomic mass is 32.1. The number of nitrogens with zero attached hydrogens (tertiary/aromatic N) is 3. The van der Waals surface area contributed by atoms with Gasteiger partial charge in [0, 0.05) is 23.4 Å². The van der Waals surface area contributed by atoms with Gasteiger partial charge in [-0.2, -0.15) is 5.26 Å². The first-order valence-corrected chi connectivity index (χ1v) is 8.93. The van der Waals surface area contributed by atoms with Crippen molar-refractivity contribution in [2.24, 2.45) is 0 Å². The number of fused-ring (bicyclic) bond motifs is 1. The van der Waals surface area contributed by atoms with Gasteiger partial charge < -0.3 is 0 Å². The molecule has 5 heteroatoms. The molecule has 0 unspecified atom stereocenters. The Morgan fingerprint density at radius 3 is 2.88 bits per heavy atom. The molecule has 3 aromatic rings. The van der Waals surface area contributed by atoms with E-state index in [0.29, 0.717) is 30.6 Å². The zero-order chi connectivity index (χ0) is 17.1. The Bertz CT molecular complexity index is 978. The molecule has 122 valence electrons. The summed E-state index contributed by atoms with van der Waals surface area (Å²) in [5, 5.41) is 9.48. The number of rotatable bonds is 5. The lowest BCUT2D eigenvalue weighted by Crippen LogP contribution is -2.23. The van der Waals surface area contributed by atoms with Crippen molar-refractivity contribution in [2.75, 3.05) is 0 Å². The third-order valence-corrected chi connectivity index (χ3v) is 5.17. The van der Waals surface area contributed by atoms with E-state index in [1.165, 1.54) is 4.88 Å². The van der Waals surface area contributed by atoms with Crippen molar-refractivity contribution >= 4 is 21.6 Å². The molecule has 3 rings (SSSR count). The summed E-state index contributed by atoms with van der Waals surface area (Å²) in [6.45, 7) is 4.62. The smallest absolute Gasteiger partial charge is 0.262 e. The molecule has 4 nitrogen and oxygen atoms in total. The Morgan fingerprint density at radius 1 is 1.33 bits per heavy atom. The van der Waals surface area contributed by atoms with Crippen LogP contribution in [-0.4, -0.2) is 9.55 Å². The Balaban J connectivity index is 2.22. The van der Waals surface area contributed by atoms with Crippen LogP contribution in [-0.2, 0) is 13.0 Å². The third-order valence-electron chi connectivity index (χ3n) is 4.00. The highest BCUT2D eigenvalue weighted by molar-refractivity contribution is 7.18. The van der Waals surface area contributed by atoms with E-state index >= 15 is 0 Å². The van der Waals surface area contributed by atoms with Crippen LogP contribution in [0.4, 0.5) is 0 Å². The molecule has 0 spiro atoms. The SMILES string of the molecule is CCc1cc2c(=O)n(CCCC#N)c(-c3cccc(C)c3)nc2s1. The number of hydrogen-bond acceptors (Lipinski definition) is 4. The van der Waals surface area contributed by atoms with Crippen LogP contribution in [0, 0.1) is 18.3 Å². The first-order valence-electron chi connectivity index (χ1n) is 8.11. The second-order valence-electron chi connectivity index (χ2n) is 5.81. The molecule has 0 N–H and O–H groups in total. The van der Waals surface area contributed by atoms with Crippen molar-refractivity contribution in [1.29, 1.82) is 5.26 Å². The molecule has 0 aliphatic rings. The van der Waals surface area contributed by atoms with Crippen LogP contribution >= 0.6 is 11.3 Å². The van der Waals surface area contributed by atoms with E-state index in [2.05, 4.69) is 13.0 Å². The molecule has 2 heterocycles. The Labute approximate surface area is 145 Å². The van der Waals surface area contributed by atoms with Crippen LogP contribution in [0.1, 0.15) is 30.2 Å². The normalized spacial score (nSPS) is 10.9. The standard InChI is InChI=1S/C19H19N3OS/c1-3-15-12-16-18(24-15)21-17(14-8-6-7-13(2)11-14)22(19(16)23)10-5-4-9-20/h6-8,11-12H,3-5,10H2,1-2H3. The van der Waals surface area contributed by atoms with Gasteiger partial charge in [0.15, 0.2) is 0 Å². The van der Waals surface area contributed by atoms with Crippen LogP contribution in [0.3, 0.4) is 0 Å². The molecular weight excluding hydrogens is 318 g/mol. The number of benzene rings is 1. The van der Waals surface area contributed by atoms with Crippen molar-refractivity contribution in [3.8, 4) is 17.5 Å². The van der Waals surface area contributed by atoms with Crippen molar-refractivity contribution in [2.45, 2.75) is 39.7 Å². The van der Waals surface area contributed by atoms with Crippen molar-refractivity contribution in [1.82, 2.24) is 9.55 Å². The second-order valence-corrected chi connectivity index (χ2v) is 6.92. The molecule has 0 radical (unpaired) electrons. The van der Waals surface area contributed by atoms with Gasteiger partial charge in [0.2, 0.25) is 0 Å². The number of aryl methyl sites for hydroxylation is 2. The molecule has 0 saturated carbocycles. The zero-order valence-corrected chi connectivity index (χ0v) is 14.7. The van der Waals surface area contributed by atoms with Crippen molar-refractivity contribution in [3.63, 3.8) is 0 Å². The van der Waals surface area contributed by atoms with E-state index < -0.39 is 0 Å². The summed E-state index contributed by atoms with van der Waals surface area (Å²) < 4.78 is 1.72. The van der Waals surface area contributed by atoms with Gasteiger partial charge >= 0.3 is 0 Å². The monoisotopic (exact) mass is 337 g/mol. The molecule has 0 bridgehead atoms. The Kier molecular flexibility index (Phi) is 4.77. The zero-order valence-electron chi connectivity index (χ0n) is 13.9. The predicted octanol–water partition coefficient (Wildman–Crippen LogP) is 4.30. The van der Waals surface area contributed by atoms with E-state index in [0.717, 1.165) is 22.4 Å². The van der Waals surface area contributed by atoms with E-state index in [1.807, 2.05) is 37.3 Å². The summed E-state index contributed by atoms with van der Waals surface area (Å²) in [7, 11) is 0. The van der Waals surface area contributed by atoms with E-state index in [9.17, 15) is 4.79 Å². The average molecular weight is 337 g/mol. The maximum Gasteiger partial charge on any atom is 0.262 e. The quantitative estimate of drug-likeness (QED) is 0.652. The van der Waals surface area contributed by atoms with Gasteiger partial charge in [-0.15, -0.1) is 11.3 Å². The van der Waals surface area contributed by atoms with Gasteiger partial charge in [-0.25, -0.2) is 4.98 Å². The fourth-order valence-electron chi connectivity index (χ4n) is 2.77. The number of nitriles is 1. The molecule has 2 aromatic heterocycles. The van der Waals surface area contributed by atoms with E-state index in [1.54, 1.807) is 15.9 Å². The molecule has 0 aliphatic heterocycles. The number of unbranched alkanes of at least 4 members (excludes halogenated alkanes) is 1. The van der Waals surface area contributed by atoms with Gasteiger partial charge in [-0.05, 0) is 31.9 Å². The van der Waals surface area contributed by atoms with Crippen LogP contribution in [0.5, 0.6) is 0 Å². The minimum atomic E-state index is -0.00889. The minimum Gasteiger partial charge on any atom is -0.292 e. The molecule has 0 aliphatic carbocycles. The van der Waals surface area contributed by atoms with E-state index in [4.69, 9.17) is 10.2 Å². The maximum absolute atomic E-state index is 13.0. The van der Waals surface area contributed by atoms with Crippen LogP contribution in [0.15, 0.2) is 35.1 Å². The van der Waals surface area contributed by atoms with Crippen LogP contribution in [0.25, 0.3) is 21.6 Å². The summed E-state index contributed by atoms with van der Waals surface area (Å²) >= 11 is 1.58. The molecule has 0 amide bonds. The molecule has 0 atom stereocenters. The van der Waals surface area contributed by atoms with Gasteiger partial charge in [-0.1, -0.05) is 30.7 Å². The molecule has 0 fully saturated rings. The van der Waals surface area contributed by atoms with Crippen molar-refractivity contribution in [3.05, 3.63) is 51.1 Å². The highest BCUT2D eigenvalue weighted by Gasteiger charge is 2.15. The molecular formula is C19H19N3OS. The Hall–Kier alpha value is -2.45. The number of aromatic nitrogens is 2. The second kappa shape index (κ2) is 6.98. The van der Waals surface area contributed by atoms with Crippen LogP contribution in [0.2, 0.25) is 0 Å². The maximum atomic E-state index is 13.0. The number of hydrogen-bond donors (Lipinski definition) is 0. The Morgan fingerprint density at radius 2 is 2.17 bits per heavy atom. The lowest BCUT2D eigenvalue weighted by molar-refractivity contribution is 0.634. The number of thiophene rings is 1. The lowest BCUT2D eigenvalue weighted by Gasteiger charge is -2.12. The topological polar surface area (TPSA) is 58.7 Å². The first-order chi connectivity index (χ1) is 11.6. The molecule has 0 saturated heterocycles. The lowest BCUT2D eigenvalue weighted by atomic mass is 10.1. The van der Waals surface area contributed by atoms with Gasteiger partial charge in [0.25, 0.3) is 5.56 Å². The summed E-state index contributed by atoms with van der Waals surface area (Å²) in [5.74, 6) is 0.693. The molecule has 24 heavy (non-hydrogen) atoms. The fraction of sp³-hybridized carbons (Fsp3) is 0.316. The van der Waals surface area contributed by atoms with Gasteiger partial charge in [-0.3, -0.25) is 9.36 Å².